The number of hydrogen-bond donors (Lipinski definition) is 1. The zero-order valence-corrected chi connectivity index (χ0v) is 10.7. The minimum Gasteiger partial charge on any atom is -0.337 e. The van der Waals surface area contributed by atoms with Crippen LogP contribution in [0.5, 0.6) is 0 Å². The van der Waals surface area contributed by atoms with Crippen LogP contribution in [0.15, 0.2) is 23.2 Å². The van der Waals surface area contributed by atoms with E-state index in [2.05, 4.69) is 15.2 Å². The van der Waals surface area contributed by atoms with Crippen molar-refractivity contribution in [2.45, 2.75) is 18.8 Å². The first-order valence-electron chi connectivity index (χ1n) is 6.01. The van der Waals surface area contributed by atoms with Gasteiger partial charge in [-0.25, -0.2) is 4.98 Å². The van der Waals surface area contributed by atoms with Gasteiger partial charge in [0.2, 0.25) is 0 Å². The Kier molecular flexibility index (Phi) is 3.10. The average molecular weight is 262 g/mol. The fourth-order valence-electron chi connectivity index (χ4n) is 2.39. The van der Waals surface area contributed by atoms with Crippen molar-refractivity contribution < 1.29 is 4.79 Å². The third kappa shape index (κ3) is 2.15. The van der Waals surface area contributed by atoms with Crippen LogP contribution in [0.25, 0.3) is 0 Å². The Hall–Kier alpha value is -1.69. The molecule has 18 heavy (non-hydrogen) atoms. The minimum absolute atomic E-state index is 0.0421. The van der Waals surface area contributed by atoms with E-state index in [9.17, 15) is 4.79 Å². The summed E-state index contributed by atoms with van der Waals surface area (Å²) >= 11 is 1.46. The van der Waals surface area contributed by atoms with E-state index in [4.69, 9.17) is 0 Å². The van der Waals surface area contributed by atoms with Gasteiger partial charge in [0.25, 0.3) is 5.91 Å². The summed E-state index contributed by atoms with van der Waals surface area (Å²) in [5.74, 6) is 0.407. The van der Waals surface area contributed by atoms with Crippen LogP contribution in [0.3, 0.4) is 0 Å². The van der Waals surface area contributed by atoms with Gasteiger partial charge in [0, 0.05) is 36.3 Å². The third-order valence-electron chi connectivity index (χ3n) is 3.32. The van der Waals surface area contributed by atoms with Crippen molar-refractivity contribution >= 4 is 17.2 Å². The van der Waals surface area contributed by atoms with Gasteiger partial charge in [-0.3, -0.25) is 9.89 Å². The van der Waals surface area contributed by atoms with E-state index in [0.29, 0.717) is 11.6 Å². The van der Waals surface area contributed by atoms with Crippen molar-refractivity contribution in [2.75, 3.05) is 13.1 Å². The van der Waals surface area contributed by atoms with Crippen LogP contribution in [-0.2, 0) is 0 Å². The first-order valence-corrected chi connectivity index (χ1v) is 6.95. The number of nitrogens with one attached hydrogen (secondary N) is 1. The maximum Gasteiger partial charge on any atom is 0.273 e. The second kappa shape index (κ2) is 4.89. The van der Waals surface area contributed by atoms with E-state index in [1.165, 1.54) is 11.3 Å². The summed E-state index contributed by atoms with van der Waals surface area (Å²) in [6, 6.07) is 1.99. The Morgan fingerprint density at radius 2 is 2.50 bits per heavy atom. The molecular formula is C12H14N4OS. The third-order valence-corrected chi connectivity index (χ3v) is 3.91. The summed E-state index contributed by atoms with van der Waals surface area (Å²) in [5, 5.41) is 8.79. The van der Waals surface area contributed by atoms with E-state index >= 15 is 0 Å². The zero-order chi connectivity index (χ0) is 12.4. The normalized spacial score (nSPS) is 20.0. The fourth-order valence-corrected chi connectivity index (χ4v) is 2.92. The summed E-state index contributed by atoms with van der Waals surface area (Å²) in [4.78, 5) is 18.2. The maximum atomic E-state index is 12.2. The highest BCUT2D eigenvalue weighted by atomic mass is 32.1. The Balaban J connectivity index is 1.73. The maximum absolute atomic E-state index is 12.2. The van der Waals surface area contributed by atoms with Gasteiger partial charge in [-0.1, -0.05) is 0 Å². The quantitative estimate of drug-likeness (QED) is 0.899. The highest BCUT2D eigenvalue weighted by molar-refractivity contribution is 7.07. The van der Waals surface area contributed by atoms with Gasteiger partial charge >= 0.3 is 0 Å². The molecule has 1 atom stereocenters. The first-order chi connectivity index (χ1) is 8.84. The minimum atomic E-state index is 0.0421. The van der Waals surface area contributed by atoms with E-state index < -0.39 is 0 Å². The lowest BCUT2D eigenvalue weighted by atomic mass is 9.95. The summed E-state index contributed by atoms with van der Waals surface area (Å²) in [7, 11) is 0. The molecule has 0 aliphatic carbocycles. The molecule has 1 N–H and O–H groups in total. The van der Waals surface area contributed by atoms with E-state index in [-0.39, 0.29) is 5.91 Å². The molecule has 3 rings (SSSR count). The molecule has 0 unspecified atom stereocenters. The van der Waals surface area contributed by atoms with Gasteiger partial charge in [0.05, 0.1) is 5.51 Å². The number of carbonyl (C=O) groups excluding carboxylic acids is 1. The fraction of sp³-hybridized carbons (Fsp3) is 0.417. The van der Waals surface area contributed by atoms with Crippen molar-refractivity contribution in [3.63, 3.8) is 0 Å². The van der Waals surface area contributed by atoms with Crippen LogP contribution in [0.1, 0.15) is 34.9 Å². The standard InChI is InChI=1S/C12H14N4OS/c17-12(11-7-18-8-13-11)16-5-1-2-9(6-16)10-3-4-14-15-10/h3-4,7-9H,1-2,5-6H2,(H,14,15)/t9-/m0/s1. The molecule has 2 aromatic heterocycles. The highest BCUT2D eigenvalue weighted by Crippen LogP contribution is 2.26. The van der Waals surface area contributed by atoms with Gasteiger partial charge in [-0.05, 0) is 18.9 Å². The molecule has 0 aromatic carbocycles. The molecule has 0 spiro atoms. The Labute approximate surface area is 109 Å². The highest BCUT2D eigenvalue weighted by Gasteiger charge is 2.26. The molecule has 5 nitrogen and oxygen atoms in total. The van der Waals surface area contributed by atoms with Gasteiger partial charge in [0.1, 0.15) is 5.69 Å². The van der Waals surface area contributed by atoms with Gasteiger partial charge in [-0.15, -0.1) is 11.3 Å². The summed E-state index contributed by atoms with van der Waals surface area (Å²) < 4.78 is 0. The van der Waals surface area contributed by atoms with Crippen LogP contribution >= 0.6 is 11.3 Å². The molecule has 3 heterocycles. The van der Waals surface area contributed by atoms with Gasteiger partial charge in [0.15, 0.2) is 0 Å². The van der Waals surface area contributed by atoms with Crippen LogP contribution in [0.2, 0.25) is 0 Å². The second-order valence-corrected chi connectivity index (χ2v) is 5.19. The topological polar surface area (TPSA) is 61.9 Å². The molecule has 0 bridgehead atoms. The zero-order valence-electron chi connectivity index (χ0n) is 9.87. The van der Waals surface area contributed by atoms with Crippen molar-refractivity contribution in [3.8, 4) is 0 Å². The Morgan fingerprint density at radius 3 is 3.22 bits per heavy atom. The first kappa shape index (κ1) is 11.4. The van der Waals surface area contributed by atoms with Crippen molar-refractivity contribution in [2.24, 2.45) is 0 Å². The summed E-state index contributed by atoms with van der Waals surface area (Å²) in [6.07, 6.45) is 3.89. The SMILES string of the molecule is O=C(c1cscn1)N1CCC[C@H](c2ccn[nH]2)C1. The average Bonchev–Trinajstić information content (AvgIpc) is 3.11. The van der Waals surface area contributed by atoms with Crippen LogP contribution in [0.4, 0.5) is 0 Å². The van der Waals surface area contributed by atoms with Crippen LogP contribution in [0, 0.1) is 0 Å². The Morgan fingerprint density at radius 1 is 1.56 bits per heavy atom. The smallest absolute Gasteiger partial charge is 0.273 e. The molecule has 94 valence electrons. The largest absolute Gasteiger partial charge is 0.337 e. The van der Waals surface area contributed by atoms with Crippen LogP contribution < -0.4 is 0 Å². The second-order valence-electron chi connectivity index (χ2n) is 4.48. The predicted octanol–water partition coefficient (Wildman–Crippen LogP) is 1.89. The molecule has 1 fully saturated rings. The number of aromatic nitrogens is 3. The molecule has 1 aliphatic heterocycles. The van der Waals surface area contributed by atoms with E-state index in [1.807, 2.05) is 16.3 Å². The molecular weight excluding hydrogens is 248 g/mol. The van der Waals surface area contributed by atoms with Crippen molar-refractivity contribution in [1.29, 1.82) is 0 Å². The predicted molar refractivity (Wildman–Crippen MR) is 68.6 cm³/mol. The number of nitrogens with zero attached hydrogens (tertiary/aromatic N) is 3. The lowest BCUT2D eigenvalue weighted by molar-refractivity contribution is 0.0700. The number of piperidine rings is 1. The molecule has 1 amide bonds. The molecule has 2 aromatic rings. The number of aromatic amines is 1. The number of amides is 1. The lowest BCUT2D eigenvalue weighted by Crippen LogP contribution is -2.39. The molecule has 0 radical (unpaired) electrons. The molecule has 1 saturated heterocycles. The van der Waals surface area contributed by atoms with Crippen LogP contribution in [-0.4, -0.2) is 39.1 Å². The summed E-state index contributed by atoms with van der Waals surface area (Å²) in [5.41, 5.74) is 3.37. The van der Waals surface area contributed by atoms with Crippen molar-refractivity contribution in [1.82, 2.24) is 20.1 Å². The van der Waals surface area contributed by atoms with Crippen molar-refractivity contribution in [3.05, 3.63) is 34.5 Å². The van der Waals surface area contributed by atoms with E-state index in [1.54, 1.807) is 11.7 Å². The number of thiazole rings is 1. The lowest BCUT2D eigenvalue weighted by Gasteiger charge is -2.31. The number of carbonyl (C=O) groups is 1. The van der Waals surface area contributed by atoms with Gasteiger partial charge in [-0.2, -0.15) is 5.10 Å². The number of H-pyrrole nitrogens is 1. The monoisotopic (exact) mass is 262 g/mol. The molecule has 6 heteroatoms. The van der Waals surface area contributed by atoms with Gasteiger partial charge < -0.3 is 4.90 Å². The molecule has 0 saturated carbocycles. The number of hydrogen-bond acceptors (Lipinski definition) is 4. The summed E-state index contributed by atoms with van der Waals surface area (Å²) in [6.45, 7) is 1.57. The Bertz CT molecular complexity index is 508. The molecule has 1 aliphatic rings. The van der Waals surface area contributed by atoms with E-state index in [0.717, 1.165) is 31.6 Å². The number of rotatable bonds is 2. The number of likely N-dealkylation sites (tertiary alicyclic amines) is 1.